The molecule has 0 aromatic carbocycles. The second-order valence-corrected chi connectivity index (χ2v) is 10.2. The number of cyclic esters (lactones) is 2. The molecule has 0 amide bonds. The Balaban J connectivity index is 1.48. The van der Waals surface area contributed by atoms with E-state index < -0.39 is 21.6 Å². The van der Waals surface area contributed by atoms with Crippen molar-refractivity contribution in [1.82, 2.24) is 0 Å². The Morgan fingerprint density at radius 2 is 1.20 bits per heavy atom. The molecule has 2 rings (SSSR count). The fourth-order valence-electron chi connectivity index (χ4n) is 3.01. The molecule has 6 nitrogen and oxygen atoms in total. The van der Waals surface area contributed by atoms with Crippen LogP contribution in [-0.4, -0.2) is 56.6 Å². The van der Waals surface area contributed by atoms with E-state index in [1.807, 2.05) is 0 Å². The summed E-state index contributed by atoms with van der Waals surface area (Å²) in [7, 11) is -1.78. The lowest BCUT2D eigenvalue weighted by molar-refractivity contribution is -0.150. The Morgan fingerprint density at radius 1 is 0.760 bits per heavy atom. The third kappa shape index (κ3) is 8.44. The van der Waals surface area contributed by atoms with Crippen LogP contribution in [0.1, 0.15) is 44.9 Å². The van der Waals surface area contributed by atoms with Crippen molar-refractivity contribution in [2.24, 2.45) is 11.8 Å². The average molecular weight is 393 g/mol. The fraction of sp³-hybridized carbons (Fsp3) is 0.882. The average Bonchev–Trinajstić information content (AvgIpc) is 2.61. The highest BCUT2D eigenvalue weighted by molar-refractivity contribution is 7.85. The van der Waals surface area contributed by atoms with Gasteiger partial charge in [0.05, 0.1) is 13.2 Å². The van der Waals surface area contributed by atoms with E-state index in [2.05, 4.69) is 0 Å². The van der Waals surface area contributed by atoms with Crippen molar-refractivity contribution >= 4 is 33.5 Å². The van der Waals surface area contributed by atoms with Crippen LogP contribution >= 0.6 is 0 Å². The Bertz CT molecular complexity index is 443. The number of carbonyl (C=O) groups excluding carboxylic acids is 2. The Morgan fingerprint density at radius 3 is 1.56 bits per heavy atom. The zero-order valence-electron chi connectivity index (χ0n) is 14.6. The van der Waals surface area contributed by atoms with E-state index in [0.717, 1.165) is 25.7 Å². The fourth-order valence-corrected chi connectivity index (χ4v) is 5.73. The molecule has 0 saturated carbocycles. The van der Waals surface area contributed by atoms with Crippen molar-refractivity contribution in [1.29, 1.82) is 0 Å². The van der Waals surface area contributed by atoms with Gasteiger partial charge in [-0.15, -0.1) is 0 Å². The summed E-state index contributed by atoms with van der Waals surface area (Å²) in [5.41, 5.74) is 0. The van der Waals surface area contributed by atoms with Crippen LogP contribution in [0.2, 0.25) is 0 Å². The van der Waals surface area contributed by atoms with E-state index in [1.54, 1.807) is 0 Å². The van der Waals surface area contributed by atoms with Gasteiger partial charge in [0.25, 0.3) is 0 Å². The van der Waals surface area contributed by atoms with Crippen molar-refractivity contribution in [2.75, 3.05) is 36.2 Å². The number of rotatable bonds is 10. The predicted octanol–water partition coefficient (Wildman–Crippen LogP) is 1.56. The van der Waals surface area contributed by atoms with Crippen molar-refractivity contribution in [3.63, 3.8) is 0 Å². The van der Waals surface area contributed by atoms with Gasteiger partial charge in [0.2, 0.25) is 0 Å². The molecule has 2 aliphatic heterocycles. The molecular weight excluding hydrogens is 364 g/mol. The van der Waals surface area contributed by atoms with E-state index in [0.29, 0.717) is 67.3 Å². The molecule has 4 unspecified atom stereocenters. The van der Waals surface area contributed by atoms with Gasteiger partial charge in [-0.25, -0.2) is 0 Å². The number of esters is 2. The molecule has 0 aromatic heterocycles. The third-order valence-corrected chi connectivity index (χ3v) is 7.60. The first-order valence-corrected chi connectivity index (χ1v) is 12.0. The summed E-state index contributed by atoms with van der Waals surface area (Å²) in [4.78, 5) is 22.0. The minimum absolute atomic E-state index is 0.133. The van der Waals surface area contributed by atoms with Crippen LogP contribution in [0, 0.1) is 11.8 Å². The van der Waals surface area contributed by atoms with Crippen LogP contribution in [0.15, 0.2) is 0 Å². The lowest BCUT2D eigenvalue weighted by atomic mass is 9.99. The Hall–Kier alpha value is -0.760. The maximum absolute atomic E-state index is 12.0. The van der Waals surface area contributed by atoms with Crippen LogP contribution < -0.4 is 0 Å². The third-order valence-electron chi connectivity index (χ3n) is 4.73. The molecule has 2 saturated heterocycles. The molecule has 2 aliphatic rings. The number of hydrogen-bond acceptors (Lipinski definition) is 6. The highest BCUT2D eigenvalue weighted by Gasteiger charge is 2.21. The van der Waals surface area contributed by atoms with Crippen LogP contribution in [0.3, 0.4) is 0 Å². The van der Waals surface area contributed by atoms with Crippen molar-refractivity contribution in [2.45, 2.75) is 44.9 Å². The molecule has 0 radical (unpaired) electrons. The zero-order chi connectivity index (χ0) is 18.1. The maximum atomic E-state index is 12.0. The quantitative estimate of drug-likeness (QED) is 0.525. The lowest BCUT2D eigenvalue weighted by Crippen LogP contribution is -2.23. The van der Waals surface area contributed by atoms with Gasteiger partial charge < -0.3 is 9.47 Å². The highest BCUT2D eigenvalue weighted by atomic mass is 32.2. The second kappa shape index (κ2) is 11.1. The van der Waals surface area contributed by atoms with Gasteiger partial charge in [-0.2, -0.15) is 0 Å². The smallest absolute Gasteiger partial charge is 0.305 e. The Kier molecular flexibility index (Phi) is 9.09. The van der Waals surface area contributed by atoms with E-state index in [-0.39, 0.29) is 11.9 Å². The van der Waals surface area contributed by atoms with Crippen molar-refractivity contribution in [3.8, 4) is 0 Å². The lowest BCUT2D eigenvalue weighted by Gasteiger charge is -2.21. The van der Waals surface area contributed by atoms with E-state index >= 15 is 0 Å². The predicted molar refractivity (Wildman–Crippen MR) is 97.0 cm³/mol. The highest BCUT2D eigenvalue weighted by Crippen LogP contribution is 2.19. The zero-order valence-corrected chi connectivity index (χ0v) is 16.2. The molecule has 144 valence electrons. The largest absolute Gasteiger partial charge is 0.465 e. The first-order valence-electron chi connectivity index (χ1n) is 9.04. The van der Waals surface area contributed by atoms with Gasteiger partial charge in [0, 0.05) is 57.5 Å². The minimum atomic E-state index is -0.892. The van der Waals surface area contributed by atoms with Gasteiger partial charge in [-0.3, -0.25) is 18.0 Å². The van der Waals surface area contributed by atoms with Crippen LogP contribution in [-0.2, 0) is 40.7 Å². The van der Waals surface area contributed by atoms with Gasteiger partial charge in [-0.1, -0.05) is 0 Å². The van der Waals surface area contributed by atoms with E-state index in [4.69, 9.17) is 9.47 Å². The number of ether oxygens (including phenoxy) is 2. The number of hydrogen-bond donors (Lipinski definition) is 0. The molecule has 2 heterocycles. The topological polar surface area (TPSA) is 86.7 Å². The minimum Gasteiger partial charge on any atom is -0.465 e. The monoisotopic (exact) mass is 392 g/mol. The Labute approximate surface area is 154 Å². The molecule has 25 heavy (non-hydrogen) atoms. The molecular formula is C17H28O6S2. The second-order valence-electron chi connectivity index (χ2n) is 6.80. The summed E-state index contributed by atoms with van der Waals surface area (Å²) in [5.74, 6) is 2.82. The van der Waals surface area contributed by atoms with Crippen LogP contribution in [0.5, 0.6) is 0 Å². The summed E-state index contributed by atoms with van der Waals surface area (Å²) in [6.07, 6.45) is 4.95. The molecule has 0 N–H and O–H groups in total. The summed E-state index contributed by atoms with van der Waals surface area (Å²) in [6.45, 7) is 0.910. The molecule has 0 aliphatic carbocycles. The molecule has 0 aromatic rings. The van der Waals surface area contributed by atoms with Gasteiger partial charge in [-0.05, 0) is 43.9 Å². The van der Waals surface area contributed by atoms with Gasteiger partial charge >= 0.3 is 11.9 Å². The van der Waals surface area contributed by atoms with Gasteiger partial charge in [0.1, 0.15) is 0 Å². The van der Waals surface area contributed by atoms with Crippen LogP contribution in [0.4, 0.5) is 0 Å². The molecule has 0 bridgehead atoms. The number of carbonyl (C=O) groups is 2. The van der Waals surface area contributed by atoms with E-state index in [9.17, 15) is 18.0 Å². The normalized spacial score (nSPS) is 26.6. The van der Waals surface area contributed by atoms with E-state index in [1.165, 1.54) is 0 Å². The summed E-state index contributed by atoms with van der Waals surface area (Å²) >= 11 is 0. The summed E-state index contributed by atoms with van der Waals surface area (Å²) < 4.78 is 34.1. The molecule has 0 spiro atoms. The first-order chi connectivity index (χ1) is 12.0. The standard InChI is InChI=1S/C17H28O6S2/c18-16-4-2-14(12-22-16)6-10-24(20)8-1-9-25(21)11-7-15-3-5-17(19)23-13-15/h14-15H,1-13H2. The van der Waals surface area contributed by atoms with Gasteiger partial charge in [0.15, 0.2) is 0 Å². The van der Waals surface area contributed by atoms with Crippen molar-refractivity contribution in [3.05, 3.63) is 0 Å². The molecule has 8 heteroatoms. The summed E-state index contributed by atoms with van der Waals surface area (Å²) in [6, 6.07) is 0. The first kappa shape index (κ1) is 20.6. The molecule has 2 fully saturated rings. The summed E-state index contributed by atoms with van der Waals surface area (Å²) in [5, 5.41) is 0. The van der Waals surface area contributed by atoms with Crippen LogP contribution in [0.25, 0.3) is 0 Å². The molecule has 4 atom stereocenters. The maximum Gasteiger partial charge on any atom is 0.305 e. The van der Waals surface area contributed by atoms with Crippen molar-refractivity contribution < 1.29 is 27.5 Å². The SMILES string of the molecule is O=C1CCC(CCS(=O)CCCS(=O)CCC2CCC(=O)OC2)CO1.